The van der Waals surface area contributed by atoms with Crippen molar-refractivity contribution < 1.29 is 19.5 Å². The van der Waals surface area contributed by atoms with Crippen molar-refractivity contribution in [1.29, 1.82) is 0 Å². The van der Waals surface area contributed by atoms with Crippen molar-refractivity contribution in [1.82, 2.24) is 0 Å². The van der Waals surface area contributed by atoms with Gasteiger partial charge in [-0.3, -0.25) is 0 Å². The predicted molar refractivity (Wildman–Crippen MR) is 29.7 cm³/mol. The Morgan fingerprint density at radius 1 is 0.875 bits per heavy atom. The van der Waals surface area contributed by atoms with Crippen LogP contribution in [0.15, 0.2) is 0 Å². The third kappa shape index (κ3) is 0.979. The first-order chi connectivity index (χ1) is 3.45. The first-order valence-electron chi connectivity index (χ1n) is 3.30. The van der Waals surface area contributed by atoms with Gasteiger partial charge in [0.1, 0.15) is 0 Å². The molecule has 2 rings (SSSR count). The second-order valence-corrected chi connectivity index (χ2v) is 2.87. The average molecular weight is 161 g/mol. The Morgan fingerprint density at radius 3 is 1.38 bits per heavy atom. The number of fused-ring (bicyclic) bond motifs is 2. The number of hydrogen-bond donors (Lipinski definition) is 0. The molecule has 8 heavy (non-hydrogen) atoms. The largest absolute Gasteiger partial charge is 0.322 e. The van der Waals surface area contributed by atoms with Gasteiger partial charge in [-0.25, -0.2) is 0 Å². The molecule has 42 valence electrons. The maximum atomic E-state index is 2.56. The minimum absolute atomic E-state index is 0. The summed E-state index contributed by atoms with van der Waals surface area (Å²) in [5.74, 6) is 2.09. The summed E-state index contributed by atoms with van der Waals surface area (Å²) in [6, 6.07) is 0. The van der Waals surface area contributed by atoms with E-state index in [0.29, 0.717) is 0 Å². The fourth-order valence-corrected chi connectivity index (χ4v) is 1.91. The van der Waals surface area contributed by atoms with Crippen LogP contribution in [0.25, 0.3) is 0 Å². The molecule has 2 fully saturated rings. The van der Waals surface area contributed by atoms with E-state index in [2.05, 4.69) is 6.42 Å². The van der Waals surface area contributed by atoms with Crippen LogP contribution < -0.4 is 0 Å². The molecule has 0 aromatic rings. The Morgan fingerprint density at radius 2 is 1.25 bits per heavy atom. The molecule has 0 N–H and O–H groups in total. The third-order valence-corrected chi connectivity index (χ3v) is 2.36. The van der Waals surface area contributed by atoms with Crippen molar-refractivity contribution in [3.05, 3.63) is 6.42 Å². The maximum absolute atomic E-state index is 2.56. The molecule has 2 aliphatic rings. The molecule has 1 heteroatoms. The molecule has 0 amide bonds. The van der Waals surface area contributed by atoms with Crippen molar-refractivity contribution in [3.8, 4) is 0 Å². The molecule has 0 atom stereocenters. The molecule has 0 aromatic heterocycles. The van der Waals surface area contributed by atoms with Gasteiger partial charge in [-0.2, -0.15) is 11.8 Å². The summed E-state index contributed by atoms with van der Waals surface area (Å²) in [5.41, 5.74) is 0. The first kappa shape index (κ1) is 6.74. The van der Waals surface area contributed by atoms with Crippen molar-refractivity contribution in [2.24, 2.45) is 11.8 Å². The predicted octanol–water partition coefficient (Wildman–Crippen LogP) is 2.01. The molecule has 0 saturated heterocycles. The minimum Gasteiger partial charge on any atom is -0.322 e. The zero-order valence-corrected chi connectivity index (χ0v) is 8.23. The van der Waals surface area contributed by atoms with Crippen molar-refractivity contribution in [2.75, 3.05) is 0 Å². The smallest absolute Gasteiger partial charge is 0 e. The van der Waals surface area contributed by atoms with Crippen LogP contribution in [0.5, 0.6) is 0 Å². The SMILES string of the molecule is [CH-]1C2CCC1CC2.[Zn]. The van der Waals surface area contributed by atoms with Gasteiger partial charge in [-0.05, 0) is 0 Å². The molecule has 2 saturated carbocycles. The molecule has 0 aliphatic heterocycles. The van der Waals surface area contributed by atoms with Crippen LogP contribution in [0.2, 0.25) is 0 Å². The van der Waals surface area contributed by atoms with Gasteiger partial charge in [-0.1, -0.05) is 25.7 Å². The van der Waals surface area contributed by atoms with Gasteiger partial charge in [0.05, 0.1) is 0 Å². The molecule has 0 heterocycles. The topological polar surface area (TPSA) is 0 Å². The van der Waals surface area contributed by atoms with Gasteiger partial charge in [0.15, 0.2) is 0 Å². The molecule has 0 radical (unpaired) electrons. The Kier molecular flexibility index (Phi) is 2.09. The molecular formula is C7H11Zn-. The van der Waals surface area contributed by atoms with E-state index in [0.717, 1.165) is 11.8 Å². The van der Waals surface area contributed by atoms with Gasteiger partial charge in [0.2, 0.25) is 0 Å². The molecule has 0 unspecified atom stereocenters. The standard InChI is InChI=1S/C7H11.Zn/c1-2-7-4-3-6(1)5-7;/h5-7H,1-4H2;/q-1;. The van der Waals surface area contributed by atoms with Crippen molar-refractivity contribution in [3.63, 3.8) is 0 Å². The molecule has 2 bridgehead atoms. The normalized spacial score (nSPS) is 42.0. The molecular weight excluding hydrogens is 149 g/mol. The molecule has 0 nitrogen and oxygen atoms in total. The quantitative estimate of drug-likeness (QED) is 0.376. The van der Waals surface area contributed by atoms with Gasteiger partial charge in [0, 0.05) is 19.5 Å². The van der Waals surface area contributed by atoms with Crippen LogP contribution >= 0.6 is 0 Å². The zero-order chi connectivity index (χ0) is 4.69. The van der Waals surface area contributed by atoms with Gasteiger partial charge in [0.25, 0.3) is 0 Å². The summed E-state index contributed by atoms with van der Waals surface area (Å²) >= 11 is 0. The van der Waals surface area contributed by atoms with Crippen LogP contribution in [0.1, 0.15) is 25.7 Å². The van der Waals surface area contributed by atoms with Gasteiger partial charge < -0.3 is 6.42 Å². The Balaban J connectivity index is 0.000000320. The van der Waals surface area contributed by atoms with Gasteiger partial charge in [-0.15, -0.1) is 0 Å². The first-order valence-corrected chi connectivity index (χ1v) is 3.30. The fraction of sp³-hybridized carbons (Fsp3) is 0.857. The van der Waals surface area contributed by atoms with E-state index in [4.69, 9.17) is 0 Å². The van der Waals surface area contributed by atoms with Gasteiger partial charge >= 0.3 is 0 Å². The summed E-state index contributed by atoms with van der Waals surface area (Å²) in [6.07, 6.45) is 8.57. The molecule has 0 aromatic carbocycles. The van der Waals surface area contributed by atoms with E-state index in [9.17, 15) is 0 Å². The van der Waals surface area contributed by atoms with Crippen LogP contribution in [0.4, 0.5) is 0 Å². The van der Waals surface area contributed by atoms with Crippen LogP contribution in [0, 0.1) is 18.3 Å². The number of rotatable bonds is 0. The minimum atomic E-state index is 0. The summed E-state index contributed by atoms with van der Waals surface area (Å²) in [5, 5.41) is 0. The van der Waals surface area contributed by atoms with E-state index in [1.807, 2.05) is 0 Å². The monoisotopic (exact) mass is 159 g/mol. The van der Waals surface area contributed by atoms with Crippen LogP contribution in [-0.2, 0) is 19.5 Å². The fourth-order valence-electron chi connectivity index (χ4n) is 1.91. The van der Waals surface area contributed by atoms with Crippen LogP contribution in [-0.4, -0.2) is 0 Å². The van der Waals surface area contributed by atoms with E-state index in [1.54, 1.807) is 0 Å². The second-order valence-electron chi connectivity index (χ2n) is 2.87. The van der Waals surface area contributed by atoms with E-state index in [1.165, 1.54) is 25.7 Å². The Labute approximate surface area is 63.8 Å². The summed E-state index contributed by atoms with van der Waals surface area (Å²) < 4.78 is 0. The second kappa shape index (κ2) is 2.48. The zero-order valence-electron chi connectivity index (χ0n) is 5.27. The Bertz CT molecular complexity index is 62.5. The summed E-state index contributed by atoms with van der Waals surface area (Å²) in [4.78, 5) is 0. The molecule has 2 aliphatic carbocycles. The average Bonchev–Trinajstić information content (AvgIpc) is 2.22. The van der Waals surface area contributed by atoms with Crippen LogP contribution in [0.3, 0.4) is 0 Å². The van der Waals surface area contributed by atoms with E-state index >= 15 is 0 Å². The third-order valence-electron chi connectivity index (χ3n) is 2.36. The maximum Gasteiger partial charge on any atom is 0 e. The van der Waals surface area contributed by atoms with Crippen molar-refractivity contribution >= 4 is 0 Å². The van der Waals surface area contributed by atoms with E-state index in [-0.39, 0.29) is 19.5 Å². The van der Waals surface area contributed by atoms with E-state index < -0.39 is 0 Å². The Hall–Kier alpha value is 0.623. The summed E-state index contributed by atoms with van der Waals surface area (Å²) in [6.45, 7) is 0. The molecule has 0 spiro atoms. The van der Waals surface area contributed by atoms with Crippen molar-refractivity contribution in [2.45, 2.75) is 25.7 Å². The summed E-state index contributed by atoms with van der Waals surface area (Å²) in [7, 11) is 0. The number of hydrogen-bond acceptors (Lipinski definition) is 0.